The number of benzene rings is 1. The third kappa shape index (κ3) is 2.82. The number of fused-ring (bicyclic) bond motifs is 1. The zero-order valence-corrected chi connectivity index (χ0v) is 13.6. The Morgan fingerprint density at radius 2 is 1.92 bits per heavy atom. The van der Waals surface area contributed by atoms with Gasteiger partial charge in [-0.2, -0.15) is 0 Å². The molecule has 1 aromatic rings. The minimum absolute atomic E-state index is 0.100. The first-order valence-electron chi connectivity index (χ1n) is 8.10. The van der Waals surface area contributed by atoms with Gasteiger partial charge in [-0.1, -0.05) is 6.08 Å². The van der Waals surface area contributed by atoms with Gasteiger partial charge in [-0.25, -0.2) is 4.79 Å². The highest BCUT2D eigenvalue weighted by atomic mass is 16.4. The Balaban J connectivity index is 1.92. The Hall–Kier alpha value is -2.96. The van der Waals surface area contributed by atoms with Crippen LogP contribution in [0.1, 0.15) is 50.3 Å². The van der Waals surface area contributed by atoms with Crippen LogP contribution in [0.25, 0.3) is 0 Å². The molecule has 0 saturated carbocycles. The van der Waals surface area contributed by atoms with E-state index in [1.54, 1.807) is 0 Å². The molecule has 0 bridgehead atoms. The summed E-state index contributed by atoms with van der Waals surface area (Å²) < 4.78 is 0. The number of hydrogen-bond donors (Lipinski definition) is 1. The Bertz CT molecular complexity index is 786. The number of aliphatic carboxylic acids is 1. The molecular formula is C18H18N2O5. The Labute approximate surface area is 144 Å². The summed E-state index contributed by atoms with van der Waals surface area (Å²) in [6.07, 6.45) is 3.37. The molecule has 130 valence electrons. The number of piperidine rings is 1. The third-order valence-electron chi connectivity index (χ3n) is 4.58. The van der Waals surface area contributed by atoms with Crippen molar-refractivity contribution in [3.63, 3.8) is 0 Å². The number of imide groups is 1. The highest BCUT2D eigenvalue weighted by Crippen LogP contribution is 2.26. The van der Waals surface area contributed by atoms with Gasteiger partial charge in [0.25, 0.3) is 17.7 Å². The predicted molar refractivity (Wildman–Crippen MR) is 88.3 cm³/mol. The molecule has 7 nitrogen and oxygen atoms in total. The van der Waals surface area contributed by atoms with Crippen molar-refractivity contribution in [3.05, 3.63) is 47.5 Å². The molecule has 2 aliphatic heterocycles. The van der Waals surface area contributed by atoms with Crippen molar-refractivity contribution >= 4 is 23.7 Å². The summed E-state index contributed by atoms with van der Waals surface area (Å²) in [4.78, 5) is 51.1. The maximum Gasteiger partial charge on any atom is 0.326 e. The zero-order chi connectivity index (χ0) is 18.1. The number of carbonyl (C=O) groups is 4. The second-order valence-corrected chi connectivity index (χ2v) is 6.12. The average molecular weight is 342 g/mol. The van der Waals surface area contributed by atoms with Crippen molar-refractivity contribution in [2.24, 2.45) is 0 Å². The topological polar surface area (TPSA) is 95.0 Å². The van der Waals surface area contributed by atoms with E-state index in [1.165, 1.54) is 29.2 Å². The molecule has 0 aliphatic carbocycles. The molecule has 2 aliphatic rings. The first-order valence-corrected chi connectivity index (χ1v) is 8.10. The molecule has 0 radical (unpaired) electrons. The van der Waals surface area contributed by atoms with E-state index in [1.807, 2.05) is 0 Å². The van der Waals surface area contributed by atoms with Gasteiger partial charge in [0.1, 0.15) is 6.04 Å². The SMILES string of the molecule is C=CCN1C(=O)c2ccc(C(=O)N3CCCCC3C(=O)O)cc2C1=O. The lowest BCUT2D eigenvalue weighted by molar-refractivity contribution is -0.143. The molecule has 1 aromatic carbocycles. The van der Waals surface area contributed by atoms with Gasteiger partial charge in [0.05, 0.1) is 11.1 Å². The van der Waals surface area contributed by atoms with Gasteiger partial charge in [-0.3, -0.25) is 19.3 Å². The van der Waals surface area contributed by atoms with Crippen LogP contribution in [0.15, 0.2) is 30.9 Å². The number of likely N-dealkylation sites (tertiary alicyclic amines) is 1. The van der Waals surface area contributed by atoms with Crippen molar-refractivity contribution in [2.45, 2.75) is 25.3 Å². The van der Waals surface area contributed by atoms with E-state index in [0.29, 0.717) is 13.0 Å². The van der Waals surface area contributed by atoms with E-state index in [-0.39, 0.29) is 23.2 Å². The van der Waals surface area contributed by atoms with Crippen molar-refractivity contribution in [2.75, 3.05) is 13.1 Å². The lowest BCUT2D eigenvalue weighted by Crippen LogP contribution is -2.48. The van der Waals surface area contributed by atoms with Crippen LogP contribution < -0.4 is 0 Å². The monoisotopic (exact) mass is 342 g/mol. The highest BCUT2D eigenvalue weighted by molar-refractivity contribution is 6.22. The molecule has 3 amide bonds. The van der Waals surface area contributed by atoms with Gasteiger partial charge >= 0.3 is 5.97 Å². The summed E-state index contributed by atoms with van der Waals surface area (Å²) in [5.41, 5.74) is 0.631. The number of carbonyl (C=O) groups excluding carboxylic acids is 3. The van der Waals surface area contributed by atoms with Crippen molar-refractivity contribution in [1.82, 2.24) is 9.80 Å². The molecule has 1 N–H and O–H groups in total. The summed E-state index contributed by atoms with van der Waals surface area (Å²) in [5.74, 6) is -2.35. The smallest absolute Gasteiger partial charge is 0.326 e. The molecule has 25 heavy (non-hydrogen) atoms. The summed E-state index contributed by atoms with van der Waals surface area (Å²) in [7, 11) is 0. The molecule has 1 saturated heterocycles. The summed E-state index contributed by atoms with van der Waals surface area (Å²) in [6.45, 7) is 3.99. The second kappa shape index (κ2) is 6.51. The number of amides is 3. The van der Waals surface area contributed by atoms with Crippen LogP contribution in [0.2, 0.25) is 0 Å². The third-order valence-corrected chi connectivity index (χ3v) is 4.58. The predicted octanol–water partition coefficient (Wildman–Crippen LogP) is 1.55. The zero-order valence-electron chi connectivity index (χ0n) is 13.6. The lowest BCUT2D eigenvalue weighted by Gasteiger charge is -2.33. The van der Waals surface area contributed by atoms with Crippen LogP contribution >= 0.6 is 0 Å². The van der Waals surface area contributed by atoms with E-state index in [9.17, 15) is 24.3 Å². The lowest BCUT2D eigenvalue weighted by atomic mass is 9.99. The molecule has 1 unspecified atom stereocenters. The van der Waals surface area contributed by atoms with Gasteiger partial charge < -0.3 is 10.0 Å². The van der Waals surface area contributed by atoms with Crippen molar-refractivity contribution in [1.29, 1.82) is 0 Å². The van der Waals surface area contributed by atoms with Gasteiger partial charge in [-0.05, 0) is 37.5 Å². The van der Waals surface area contributed by atoms with Crippen molar-refractivity contribution < 1.29 is 24.3 Å². The molecule has 0 aromatic heterocycles. The van der Waals surface area contributed by atoms with Gasteiger partial charge in [0.2, 0.25) is 0 Å². The Kier molecular flexibility index (Phi) is 4.39. The molecule has 2 heterocycles. The maximum absolute atomic E-state index is 12.7. The van der Waals surface area contributed by atoms with Crippen molar-refractivity contribution in [3.8, 4) is 0 Å². The fourth-order valence-electron chi connectivity index (χ4n) is 3.32. The number of carboxylic acids is 1. The van der Waals surface area contributed by atoms with Gasteiger partial charge in [0.15, 0.2) is 0 Å². The first kappa shape index (κ1) is 16.9. The highest BCUT2D eigenvalue weighted by Gasteiger charge is 2.37. The molecule has 1 atom stereocenters. The minimum Gasteiger partial charge on any atom is -0.480 e. The van der Waals surface area contributed by atoms with E-state index < -0.39 is 29.7 Å². The largest absolute Gasteiger partial charge is 0.480 e. The van der Waals surface area contributed by atoms with E-state index in [4.69, 9.17) is 0 Å². The number of carboxylic acid groups (broad SMARTS) is 1. The maximum atomic E-state index is 12.7. The number of nitrogens with zero attached hydrogens (tertiary/aromatic N) is 2. The Morgan fingerprint density at radius 3 is 2.60 bits per heavy atom. The van der Waals surface area contributed by atoms with Crippen LogP contribution in [-0.2, 0) is 4.79 Å². The number of hydrogen-bond acceptors (Lipinski definition) is 4. The van der Waals surface area contributed by atoms with Crippen LogP contribution in [0.5, 0.6) is 0 Å². The van der Waals surface area contributed by atoms with Crippen LogP contribution in [0.3, 0.4) is 0 Å². The van der Waals surface area contributed by atoms with Crippen LogP contribution in [0, 0.1) is 0 Å². The number of rotatable bonds is 4. The Morgan fingerprint density at radius 1 is 1.20 bits per heavy atom. The summed E-state index contributed by atoms with van der Waals surface area (Å²) >= 11 is 0. The van der Waals surface area contributed by atoms with E-state index in [2.05, 4.69) is 6.58 Å². The summed E-state index contributed by atoms with van der Waals surface area (Å²) in [5, 5.41) is 9.32. The molecule has 7 heteroatoms. The quantitative estimate of drug-likeness (QED) is 0.662. The second-order valence-electron chi connectivity index (χ2n) is 6.12. The molecule has 0 spiro atoms. The molecule has 1 fully saturated rings. The van der Waals surface area contributed by atoms with E-state index >= 15 is 0 Å². The normalized spacial score (nSPS) is 19.8. The minimum atomic E-state index is -1.03. The standard InChI is InChI=1S/C18H18N2O5/c1-2-8-20-16(22)12-7-6-11(10-13(12)17(20)23)15(21)19-9-4-3-5-14(19)18(24)25/h2,6-7,10,14H,1,3-5,8-9H2,(H,24,25). The molecular weight excluding hydrogens is 324 g/mol. The average Bonchev–Trinajstić information content (AvgIpc) is 2.86. The van der Waals surface area contributed by atoms with Gasteiger partial charge in [0, 0.05) is 18.7 Å². The van der Waals surface area contributed by atoms with Crippen LogP contribution in [-0.4, -0.2) is 57.7 Å². The first-order chi connectivity index (χ1) is 12.0. The van der Waals surface area contributed by atoms with E-state index in [0.717, 1.165) is 17.7 Å². The van der Waals surface area contributed by atoms with Gasteiger partial charge in [-0.15, -0.1) is 6.58 Å². The summed E-state index contributed by atoms with van der Waals surface area (Å²) in [6, 6.07) is 3.45. The fraction of sp³-hybridized carbons (Fsp3) is 0.333. The molecule has 3 rings (SSSR count). The fourth-order valence-corrected chi connectivity index (χ4v) is 3.32. The van der Waals surface area contributed by atoms with Crippen LogP contribution in [0.4, 0.5) is 0 Å².